The molecular formula is C21H24N2O. The van der Waals surface area contributed by atoms with Crippen LogP contribution in [0.2, 0.25) is 0 Å². The summed E-state index contributed by atoms with van der Waals surface area (Å²) in [5.74, 6) is 0.931. The Bertz CT molecular complexity index is 877. The predicted octanol–water partition coefficient (Wildman–Crippen LogP) is 4.42. The van der Waals surface area contributed by atoms with E-state index in [-0.39, 0.29) is 6.04 Å². The number of nitrogens with one attached hydrogen (secondary N) is 2. The fourth-order valence-corrected chi connectivity index (χ4v) is 3.98. The normalized spacial score (nSPS) is 17.0. The van der Waals surface area contributed by atoms with Crippen molar-refractivity contribution in [2.24, 2.45) is 0 Å². The highest BCUT2D eigenvalue weighted by atomic mass is 16.5. The van der Waals surface area contributed by atoms with E-state index in [0.29, 0.717) is 6.61 Å². The van der Waals surface area contributed by atoms with Crippen LogP contribution in [-0.2, 0) is 6.42 Å². The van der Waals surface area contributed by atoms with E-state index >= 15 is 0 Å². The second-order valence-corrected chi connectivity index (χ2v) is 6.66. The van der Waals surface area contributed by atoms with E-state index < -0.39 is 0 Å². The lowest BCUT2D eigenvalue weighted by Crippen LogP contribution is -2.30. The minimum absolute atomic E-state index is 0.219. The zero-order valence-corrected chi connectivity index (χ0v) is 14.6. The molecule has 3 heteroatoms. The average Bonchev–Trinajstić information content (AvgIpc) is 2.94. The molecule has 3 aromatic rings. The molecule has 124 valence electrons. The molecule has 0 saturated carbocycles. The van der Waals surface area contributed by atoms with Gasteiger partial charge in [-0.3, -0.25) is 0 Å². The number of aryl methyl sites for hydroxylation is 2. The summed E-state index contributed by atoms with van der Waals surface area (Å²) < 4.78 is 5.57. The van der Waals surface area contributed by atoms with Crippen LogP contribution >= 0.6 is 0 Å². The molecule has 1 aromatic heterocycles. The number of aromatic nitrogens is 1. The molecule has 1 aliphatic heterocycles. The second kappa shape index (κ2) is 5.99. The van der Waals surface area contributed by atoms with Gasteiger partial charge in [0.2, 0.25) is 0 Å². The number of aromatic amines is 1. The molecule has 0 radical (unpaired) electrons. The molecule has 0 saturated heterocycles. The summed E-state index contributed by atoms with van der Waals surface area (Å²) in [6, 6.07) is 13.2. The smallest absolute Gasteiger partial charge is 0.119 e. The highest BCUT2D eigenvalue weighted by Gasteiger charge is 2.25. The molecule has 0 bridgehead atoms. The topological polar surface area (TPSA) is 37.0 Å². The molecule has 2 N–H and O–H groups in total. The summed E-state index contributed by atoms with van der Waals surface area (Å²) >= 11 is 0. The Morgan fingerprint density at radius 3 is 2.67 bits per heavy atom. The van der Waals surface area contributed by atoms with Crippen LogP contribution < -0.4 is 10.1 Å². The molecule has 0 aliphatic carbocycles. The largest absolute Gasteiger partial charge is 0.494 e. The lowest BCUT2D eigenvalue weighted by Gasteiger charge is -2.25. The predicted molar refractivity (Wildman–Crippen MR) is 98.9 cm³/mol. The van der Waals surface area contributed by atoms with E-state index in [1.807, 2.05) is 6.92 Å². The van der Waals surface area contributed by atoms with Gasteiger partial charge in [-0.05, 0) is 67.6 Å². The van der Waals surface area contributed by atoms with Crippen LogP contribution in [0.4, 0.5) is 0 Å². The molecule has 0 spiro atoms. The van der Waals surface area contributed by atoms with Crippen molar-refractivity contribution < 1.29 is 4.74 Å². The van der Waals surface area contributed by atoms with Crippen LogP contribution in [0.15, 0.2) is 36.4 Å². The van der Waals surface area contributed by atoms with Crippen LogP contribution in [-0.4, -0.2) is 18.1 Å². The minimum Gasteiger partial charge on any atom is -0.494 e. The van der Waals surface area contributed by atoms with Gasteiger partial charge in [-0.1, -0.05) is 18.2 Å². The van der Waals surface area contributed by atoms with E-state index in [9.17, 15) is 0 Å². The Kier molecular flexibility index (Phi) is 3.81. The maximum atomic E-state index is 5.57. The fraction of sp³-hybridized carbons (Fsp3) is 0.333. The lowest BCUT2D eigenvalue weighted by molar-refractivity contribution is 0.340. The zero-order valence-electron chi connectivity index (χ0n) is 14.6. The van der Waals surface area contributed by atoms with Crippen molar-refractivity contribution >= 4 is 10.9 Å². The van der Waals surface area contributed by atoms with E-state index in [1.165, 1.54) is 38.9 Å². The van der Waals surface area contributed by atoms with Gasteiger partial charge in [0.15, 0.2) is 0 Å². The van der Waals surface area contributed by atoms with Gasteiger partial charge in [0.05, 0.1) is 12.6 Å². The average molecular weight is 320 g/mol. The highest BCUT2D eigenvalue weighted by molar-refractivity contribution is 5.89. The molecule has 2 aromatic carbocycles. The fourth-order valence-electron chi connectivity index (χ4n) is 3.98. The van der Waals surface area contributed by atoms with Gasteiger partial charge in [0.25, 0.3) is 0 Å². The Morgan fingerprint density at radius 2 is 1.92 bits per heavy atom. The molecule has 3 nitrogen and oxygen atoms in total. The van der Waals surface area contributed by atoms with E-state index in [4.69, 9.17) is 4.74 Å². The van der Waals surface area contributed by atoms with Crippen LogP contribution in [0.3, 0.4) is 0 Å². The number of benzene rings is 2. The van der Waals surface area contributed by atoms with Crippen molar-refractivity contribution in [3.05, 3.63) is 64.3 Å². The quantitative estimate of drug-likeness (QED) is 0.749. The number of H-pyrrole nitrogens is 1. The number of hydrogen-bond donors (Lipinski definition) is 2. The maximum absolute atomic E-state index is 5.57. The second-order valence-electron chi connectivity index (χ2n) is 6.66. The molecule has 0 amide bonds. The third kappa shape index (κ3) is 2.49. The van der Waals surface area contributed by atoms with Crippen LogP contribution in [0.1, 0.15) is 40.9 Å². The highest BCUT2D eigenvalue weighted by Crippen LogP contribution is 2.35. The van der Waals surface area contributed by atoms with E-state index in [0.717, 1.165) is 18.7 Å². The van der Waals surface area contributed by atoms with Crippen molar-refractivity contribution in [3.63, 3.8) is 0 Å². The summed E-state index contributed by atoms with van der Waals surface area (Å²) in [6.07, 6.45) is 1.08. The van der Waals surface area contributed by atoms with E-state index in [1.54, 1.807) is 0 Å². The zero-order chi connectivity index (χ0) is 16.7. The van der Waals surface area contributed by atoms with Gasteiger partial charge in [-0.2, -0.15) is 0 Å². The van der Waals surface area contributed by atoms with Crippen LogP contribution in [0.25, 0.3) is 10.9 Å². The van der Waals surface area contributed by atoms with Crippen LogP contribution in [0.5, 0.6) is 5.75 Å². The lowest BCUT2D eigenvalue weighted by atomic mass is 9.93. The summed E-state index contributed by atoms with van der Waals surface area (Å²) in [6.45, 7) is 8.10. The van der Waals surface area contributed by atoms with Gasteiger partial charge in [0.1, 0.15) is 5.75 Å². The number of ether oxygens (including phenoxy) is 1. The molecule has 0 fully saturated rings. The summed E-state index contributed by atoms with van der Waals surface area (Å²) in [5, 5.41) is 5.08. The van der Waals surface area contributed by atoms with Crippen LogP contribution in [0, 0.1) is 13.8 Å². The molecular weight excluding hydrogens is 296 g/mol. The van der Waals surface area contributed by atoms with Crippen molar-refractivity contribution in [1.29, 1.82) is 0 Å². The van der Waals surface area contributed by atoms with Crippen molar-refractivity contribution in [1.82, 2.24) is 10.3 Å². The molecule has 1 unspecified atom stereocenters. The number of rotatable bonds is 3. The van der Waals surface area contributed by atoms with E-state index in [2.05, 4.69) is 60.5 Å². The molecule has 2 heterocycles. The molecule has 1 atom stereocenters. The Hall–Kier alpha value is -2.26. The Balaban J connectivity index is 1.80. The first-order valence-electron chi connectivity index (χ1n) is 8.75. The third-order valence-corrected chi connectivity index (χ3v) is 4.91. The maximum Gasteiger partial charge on any atom is 0.119 e. The van der Waals surface area contributed by atoms with Gasteiger partial charge >= 0.3 is 0 Å². The van der Waals surface area contributed by atoms with Gasteiger partial charge in [0, 0.05) is 23.1 Å². The third-order valence-electron chi connectivity index (χ3n) is 4.91. The standard InChI is InChI=1S/C21H24N2O/c1-4-24-16-7-5-15(6-8-16)20-21-17(9-10-22-20)19-14(3)11-13(2)12-18(19)23-21/h5-8,11-12,20,22-23H,4,9-10H2,1-3H3. The van der Waals surface area contributed by atoms with Crippen molar-refractivity contribution in [2.45, 2.75) is 33.2 Å². The number of fused-ring (bicyclic) bond motifs is 3. The number of hydrogen-bond acceptors (Lipinski definition) is 2. The van der Waals surface area contributed by atoms with Crippen molar-refractivity contribution in [3.8, 4) is 5.75 Å². The summed E-state index contributed by atoms with van der Waals surface area (Å²) in [4.78, 5) is 3.69. The minimum atomic E-state index is 0.219. The van der Waals surface area contributed by atoms with Gasteiger partial charge in [-0.15, -0.1) is 0 Å². The monoisotopic (exact) mass is 320 g/mol. The summed E-state index contributed by atoms with van der Waals surface area (Å²) in [7, 11) is 0. The molecule has 24 heavy (non-hydrogen) atoms. The summed E-state index contributed by atoms with van der Waals surface area (Å²) in [5.41, 5.74) is 8.01. The SMILES string of the molecule is CCOc1ccc(C2NCCc3c2[nH]c2cc(C)cc(C)c32)cc1. The molecule has 4 rings (SSSR count). The Labute approximate surface area is 143 Å². The first-order valence-corrected chi connectivity index (χ1v) is 8.75. The van der Waals surface area contributed by atoms with Gasteiger partial charge < -0.3 is 15.0 Å². The first kappa shape index (κ1) is 15.3. The first-order chi connectivity index (χ1) is 11.7. The van der Waals surface area contributed by atoms with Gasteiger partial charge in [-0.25, -0.2) is 0 Å². The van der Waals surface area contributed by atoms with Crippen molar-refractivity contribution in [2.75, 3.05) is 13.2 Å². The Morgan fingerprint density at radius 1 is 1.12 bits per heavy atom. The molecule has 1 aliphatic rings.